The second-order valence-electron chi connectivity index (χ2n) is 5.18. The zero-order chi connectivity index (χ0) is 13.9. The predicted octanol–water partition coefficient (Wildman–Crippen LogP) is 4.28. The Bertz CT molecular complexity index is 694. The number of benzene rings is 2. The van der Waals surface area contributed by atoms with Crippen LogP contribution in [0.25, 0.3) is 10.9 Å². The molecule has 20 heavy (non-hydrogen) atoms. The molecule has 2 heteroatoms. The van der Waals surface area contributed by atoms with Crippen molar-refractivity contribution in [3.8, 4) is 0 Å². The third-order valence-electron chi connectivity index (χ3n) is 3.62. The topological polar surface area (TPSA) is 32.9 Å². The van der Waals surface area contributed by atoms with Crippen LogP contribution in [0.5, 0.6) is 0 Å². The van der Waals surface area contributed by atoms with Gasteiger partial charge in [-0.3, -0.25) is 4.79 Å². The van der Waals surface area contributed by atoms with Crippen molar-refractivity contribution < 1.29 is 4.79 Å². The Labute approximate surface area is 118 Å². The van der Waals surface area contributed by atoms with Crippen LogP contribution < -0.4 is 0 Å². The molecule has 2 aromatic carbocycles. The SMILES string of the molecule is CC(=O)C[C@H](c1ccccc1)c1cc2ccccc2[nH]1. The fraction of sp³-hybridized carbons (Fsp3) is 0.167. The smallest absolute Gasteiger partial charge is 0.130 e. The lowest BCUT2D eigenvalue weighted by atomic mass is 9.91. The summed E-state index contributed by atoms with van der Waals surface area (Å²) in [5, 5.41) is 1.19. The molecule has 0 aliphatic carbocycles. The van der Waals surface area contributed by atoms with Crippen molar-refractivity contribution in [3.63, 3.8) is 0 Å². The number of rotatable bonds is 4. The first-order valence-corrected chi connectivity index (χ1v) is 6.86. The van der Waals surface area contributed by atoms with E-state index < -0.39 is 0 Å². The van der Waals surface area contributed by atoms with Crippen LogP contribution in [0.15, 0.2) is 60.7 Å². The van der Waals surface area contributed by atoms with Gasteiger partial charge in [-0.05, 0) is 30.0 Å². The fourth-order valence-corrected chi connectivity index (χ4v) is 2.66. The number of fused-ring (bicyclic) bond motifs is 1. The van der Waals surface area contributed by atoms with Crippen molar-refractivity contribution in [1.82, 2.24) is 4.98 Å². The Balaban J connectivity index is 2.06. The summed E-state index contributed by atoms with van der Waals surface area (Å²) in [7, 11) is 0. The molecular formula is C18H17NO. The standard InChI is InChI=1S/C18H17NO/c1-13(20)11-16(14-7-3-2-4-8-14)18-12-15-9-5-6-10-17(15)19-18/h2-10,12,16,19H,11H2,1H3/t16-/m1/s1. The van der Waals surface area contributed by atoms with E-state index in [1.807, 2.05) is 30.3 Å². The number of Topliss-reactive ketones (excluding diaryl/α,β-unsaturated/α-hetero) is 1. The number of para-hydroxylation sites is 1. The van der Waals surface area contributed by atoms with E-state index in [2.05, 4.69) is 35.3 Å². The first-order valence-electron chi connectivity index (χ1n) is 6.86. The number of nitrogens with one attached hydrogen (secondary N) is 1. The van der Waals surface area contributed by atoms with Crippen LogP contribution in [0.3, 0.4) is 0 Å². The quantitative estimate of drug-likeness (QED) is 0.748. The summed E-state index contributed by atoms with van der Waals surface area (Å²) >= 11 is 0. The molecule has 0 bridgehead atoms. The largest absolute Gasteiger partial charge is 0.358 e. The van der Waals surface area contributed by atoms with E-state index in [1.165, 1.54) is 10.9 Å². The van der Waals surface area contributed by atoms with Gasteiger partial charge in [-0.25, -0.2) is 0 Å². The minimum absolute atomic E-state index is 0.0982. The van der Waals surface area contributed by atoms with E-state index >= 15 is 0 Å². The Morgan fingerprint density at radius 3 is 2.45 bits per heavy atom. The number of carbonyl (C=O) groups excluding carboxylic acids is 1. The molecule has 0 radical (unpaired) electrons. The number of carbonyl (C=O) groups is 1. The van der Waals surface area contributed by atoms with Gasteiger partial charge < -0.3 is 4.98 Å². The molecule has 0 unspecified atom stereocenters. The van der Waals surface area contributed by atoms with Crippen molar-refractivity contribution in [3.05, 3.63) is 71.9 Å². The lowest BCUT2D eigenvalue weighted by molar-refractivity contribution is -0.117. The molecule has 100 valence electrons. The number of aromatic nitrogens is 1. The summed E-state index contributed by atoms with van der Waals surface area (Å²) in [5.74, 6) is 0.304. The molecule has 3 aromatic rings. The van der Waals surface area contributed by atoms with Crippen LogP contribution >= 0.6 is 0 Å². The number of ketones is 1. The molecule has 0 amide bonds. The molecule has 0 saturated heterocycles. The van der Waals surface area contributed by atoms with Gasteiger partial charge in [0.25, 0.3) is 0 Å². The van der Waals surface area contributed by atoms with Gasteiger partial charge in [0, 0.05) is 23.5 Å². The zero-order valence-electron chi connectivity index (χ0n) is 11.5. The van der Waals surface area contributed by atoms with E-state index in [0.717, 1.165) is 11.2 Å². The lowest BCUT2D eigenvalue weighted by Gasteiger charge is -2.14. The maximum absolute atomic E-state index is 11.6. The van der Waals surface area contributed by atoms with Crippen LogP contribution in [-0.4, -0.2) is 10.8 Å². The van der Waals surface area contributed by atoms with Gasteiger partial charge in [-0.15, -0.1) is 0 Å². The zero-order valence-corrected chi connectivity index (χ0v) is 11.5. The molecule has 0 fully saturated rings. The molecule has 0 spiro atoms. The molecule has 1 N–H and O–H groups in total. The van der Waals surface area contributed by atoms with E-state index in [9.17, 15) is 4.79 Å². The Hall–Kier alpha value is -2.35. The highest BCUT2D eigenvalue weighted by atomic mass is 16.1. The molecule has 2 nitrogen and oxygen atoms in total. The van der Waals surface area contributed by atoms with Gasteiger partial charge in [-0.1, -0.05) is 48.5 Å². The predicted molar refractivity (Wildman–Crippen MR) is 81.9 cm³/mol. The molecule has 3 rings (SSSR count). The van der Waals surface area contributed by atoms with Crippen LogP contribution in [0.1, 0.15) is 30.5 Å². The molecule has 0 aliphatic heterocycles. The second kappa shape index (κ2) is 5.33. The minimum Gasteiger partial charge on any atom is -0.358 e. The van der Waals surface area contributed by atoms with Crippen molar-refractivity contribution in [2.45, 2.75) is 19.3 Å². The van der Waals surface area contributed by atoms with E-state index in [4.69, 9.17) is 0 Å². The highest BCUT2D eigenvalue weighted by molar-refractivity contribution is 5.82. The van der Waals surface area contributed by atoms with Gasteiger partial charge in [0.15, 0.2) is 0 Å². The molecule has 1 heterocycles. The second-order valence-corrected chi connectivity index (χ2v) is 5.18. The van der Waals surface area contributed by atoms with E-state index in [0.29, 0.717) is 6.42 Å². The Morgan fingerprint density at radius 2 is 1.75 bits per heavy atom. The number of hydrogen-bond donors (Lipinski definition) is 1. The summed E-state index contributed by atoms with van der Waals surface area (Å²) in [5.41, 5.74) is 3.40. The summed E-state index contributed by atoms with van der Waals surface area (Å²) in [6, 6.07) is 20.6. The summed E-state index contributed by atoms with van der Waals surface area (Å²) in [6.07, 6.45) is 0.525. The van der Waals surface area contributed by atoms with Crippen molar-refractivity contribution in [1.29, 1.82) is 0 Å². The Morgan fingerprint density at radius 1 is 1.05 bits per heavy atom. The van der Waals surface area contributed by atoms with Crippen LogP contribution in [0.4, 0.5) is 0 Å². The molecule has 1 aromatic heterocycles. The van der Waals surface area contributed by atoms with Gasteiger partial charge >= 0.3 is 0 Å². The average Bonchev–Trinajstić information content (AvgIpc) is 2.89. The highest BCUT2D eigenvalue weighted by Gasteiger charge is 2.18. The third kappa shape index (κ3) is 2.50. The first kappa shape index (κ1) is 12.7. The van der Waals surface area contributed by atoms with Crippen LogP contribution in [-0.2, 0) is 4.79 Å². The normalized spacial score (nSPS) is 12.4. The maximum atomic E-state index is 11.6. The number of H-pyrrole nitrogens is 1. The summed E-state index contributed by atoms with van der Waals surface area (Å²) in [6.45, 7) is 1.65. The van der Waals surface area contributed by atoms with Crippen LogP contribution in [0, 0.1) is 0 Å². The molecule has 0 saturated carbocycles. The lowest BCUT2D eigenvalue weighted by Crippen LogP contribution is -2.06. The van der Waals surface area contributed by atoms with Gasteiger partial charge in [0.2, 0.25) is 0 Å². The number of aromatic amines is 1. The minimum atomic E-state index is 0.0982. The van der Waals surface area contributed by atoms with E-state index in [-0.39, 0.29) is 11.7 Å². The van der Waals surface area contributed by atoms with E-state index in [1.54, 1.807) is 6.92 Å². The van der Waals surface area contributed by atoms with Gasteiger partial charge in [0.05, 0.1) is 0 Å². The fourth-order valence-electron chi connectivity index (χ4n) is 2.66. The average molecular weight is 263 g/mol. The third-order valence-corrected chi connectivity index (χ3v) is 3.62. The number of hydrogen-bond acceptors (Lipinski definition) is 1. The first-order chi connectivity index (χ1) is 9.74. The van der Waals surface area contributed by atoms with Crippen molar-refractivity contribution in [2.24, 2.45) is 0 Å². The monoisotopic (exact) mass is 263 g/mol. The van der Waals surface area contributed by atoms with Crippen molar-refractivity contribution >= 4 is 16.7 Å². The van der Waals surface area contributed by atoms with Crippen molar-refractivity contribution in [2.75, 3.05) is 0 Å². The Kier molecular flexibility index (Phi) is 3.38. The van der Waals surface area contributed by atoms with Gasteiger partial charge in [-0.2, -0.15) is 0 Å². The maximum Gasteiger partial charge on any atom is 0.130 e. The van der Waals surface area contributed by atoms with Crippen LogP contribution in [0.2, 0.25) is 0 Å². The summed E-state index contributed by atoms with van der Waals surface area (Å²) < 4.78 is 0. The molecule has 0 aliphatic rings. The van der Waals surface area contributed by atoms with Gasteiger partial charge in [0.1, 0.15) is 5.78 Å². The highest BCUT2D eigenvalue weighted by Crippen LogP contribution is 2.30. The molecule has 1 atom stereocenters. The molecular weight excluding hydrogens is 246 g/mol. The summed E-state index contributed by atoms with van der Waals surface area (Å²) in [4.78, 5) is 15.0.